The number of aromatic nitrogens is 1. The molecule has 1 atom stereocenters. The van der Waals surface area contributed by atoms with Gasteiger partial charge in [-0.1, -0.05) is 65.8 Å². The molecule has 4 aromatic rings. The van der Waals surface area contributed by atoms with Crippen LogP contribution in [0.1, 0.15) is 30.7 Å². The Morgan fingerprint density at radius 3 is 2.39 bits per heavy atom. The highest BCUT2D eigenvalue weighted by Crippen LogP contribution is 2.34. The second kappa shape index (κ2) is 11.6. The third kappa shape index (κ3) is 5.95. The first-order valence-corrected chi connectivity index (χ1v) is 12.2. The summed E-state index contributed by atoms with van der Waals surface area (Å²) in [5.41, 5.74) is 6.84. The van der Waals surface area contributed by atoms with E-state index in [0.717, 1.165) is 45.8 Å². The van der Waals surface area contributed by atoms with Crippen molar-refractivity contribution in [3.8, 4) is 28.2 Å². The maximum atomic E-state index is 12.1. The van der Waals surface area contributed by atoms with Crippen molar-refractivity contribution in [2.24, 2.45) is 0 Å². The van der Waals surface area contributed by atoms with Crippen molar-refractivity contribution < 1.29 is 18.8 Å². The van der Waals surface area contributed by atoms with Gasteiger partial charge in [0.2, 0.25) is 0 Å². The average Bonchev–Trinajstić information content (AvgIpc) is 3.24. The van der Waals surface area contributed by atoms with Crippen LogP contribution in [0.4, 0.5) is 5.69 Å². The van der Waals surface area contributed by atoms with Crippen molar-refractivity contribution >= 4 is 11.7 Å². The maximum absolute atomic E-state index is 12.1. The zero-order valence-electron chi connectivity index (χ0n) is 21.2. The van der Waals surface area contributed by atoms with E-state index in [1.807, 2.05) is 74.5 Å². The molecule has 6 nitrogen and oxygen atoms in total. The van der Waals surface area contributed by atoms with Gasteiger partial charge < -0.3 is 19.3 Å². The molecule has 36 heavy (non-hydrogen) atoms. The van der Waals surface area contributed by atoms with E-state index in [2.05, 4.69) is 29.5 Å². The van der Waals surface area contributed by atoms with Crippen LogP contribution in [-0.2, 0) is 22.4 Å². The minimum Gasteiger partial charge on any atom is -0.497 e. The summed E-state index contributed by atoms with van der Waals surface area (Å²) in [5.74, 6) is 1.34. The molecule has 1 heterocycles. The molecule has 0 bridgehead atoms. The van der Waals surface area contributed by atoms with E-state index in [-0.39, 0.29) is 18.4 Å². The van der Waals surface area contributed by atoms with Gasteiger partial charge in [0.1, 0.15) is 17.1 Å². The van der Waals surface area contributed by atoms with Crippen LogP contribution >= 0.6 is 0 Å². The quantitative estimate of drug-likeness (QED) is 0.260. The van der Waals surface area contributed by atoms with Crippen molar-refractivity contribution in [1.82, 2.24) is 5.16 Å². The number of hydrogen-bond donors (Lipinski definition) is 1. The minimum atomic E-state index is -0.224. The van der Waals surface area contributed by atoms with Gasteiger partial charge in [0, 0.05) is 11.6 Å². The Hall–Kier alpha value is -4.06. The summed E-state index contributed by atoms with van der Waals surface area (Å²) in [6.45, 7) is 6.28. The fraction of sp³-hybridized carbons (Fsp3) is 0.267. The number of aryl methyl sites for hydroxylation is 1. The normalized spacial score (nSPS) is 11.7. The molecule has 3 aromatic carbocycles. The van der Waals surface area contributed by atoms with Gasteiger partial charge >= 0.3 is 5.97 Å². The fourth-order valence-corrected chi connectivity index (χ4v) is 4.27. The van der Waals surface area contributed by atoms with Crippen molar-refractivity contribution in [3.63, 3.8) is 0 Å². The Bertz CT molecular complexity index is 1290. The molecule has 1 unspecified atom stereocenters. The maximum Gasteiger partial charge on any atom is 0.310 e. The van der Waals surface area contributed by atoms with Crippen LogP contribution in [-0.4, -0.2) is 30.9 Å². The molecule has 0 spiro atoms. The lowest BCUT2D eigenvalue weighted by Gasteiger charge is -2.16. The summed E-state index contributed by atoms with van der Waals surface area (Å²) in [4.78, 5) is 12.1. The number of carbonyl (C=O) groups excluding carboxylic acids is 1. The molecule has 186 valence electrons. The Morgan fingerprint density at radius 1 is 1.00 bits per heavy atom. The van der Waals surface area contributed by atoms with Gasteiger partial charge in [0.05, 0.1) is 20.1 Å². The highest BCUT2D eigenvalue weighted by molar-refractivity contribution is 5.80. The highest BCUT2D eigenvalue weighted by Gasteiger charge is 2.18. The number of carbonyl (C=O) groups is 1. The highest BCUT2D eigenvalue weighted by atomic mass is 16.5. The van der Waals surface area contributed by atoms with E-state index < -0.39 is 0 Å². The molecule has 0 radical (unpaired) electrons. The minimum absolute atomic E-state index is 0.171. The van der Waals surface area contributed by atoms with Gasteiger partial charge in [-0.25, -0.2) is 0 Å². The van der Waals surface area contributed by atoms with Crippen LogP contribution in [0.3, 0.4) is 0 Å². The predicted octanol–water partition coefficient (Wildman–Crippen LogP) is 6.47. The number of nitrogens with zero attached hydrogens (tertiary/aromatic N) is 1. The van der Waals surface area contributed by atoms with Gasteiger partial charge in [0.15, 0.2) is 5.76 Å². The van der Waals surface area contributed by atoms with Crippen LogP contribution < -0.4 is 10.1 Å². The number of ether oxygens (including phenoxy) is 2. The van der Waals surface area contributed by atoms with E-state index in [1.165, 1.54) is 5.56 Å². The summed E-state index contributed by atoms with van der Waals surface area (Å²) in [5, 5.41) is 7.80. The number of nitrogens with one attached hydrogen (secondary N) is 1. The zero-order valence-corrected chi connectivity index (χ0v) is 21.2. The van der Waals surface area contributed by atoms with E-state index in [1.54, 1.807) is 7.11 Å². The Kier molecular flexibility index (Phi) is 8.06. The van der Waals surface area contributed by atoms with Gasteiger partial charge in [-0.2, -0.15) is 0 Å². The predicted molar refractivity (Wildman–Crippen MR) is 142 cm³/mol. The average molecular weight is 485 g/mol. The number of esters is 1. The smallest absolute Gasteiger partial charge is 0.310 e. The third-order valence-corrected chi connectivity index (χ3v) is 6.07. The largest absolute Gasteiger partial charge is 0.497 e. The standard InChI is InChI=1S/C30H32N2O4/c1-5-35-28(33)19-25-8-6-7-9-27(25)23-12-14-24(15-13-23)30-29(21(3)32-36-30)31-20(2)18-22-10-16-26(34-4)17-11-22/h6-17,20,31H,5,18-19H2,1-4H3. The molecular formula is C30H32N2O4. The van der Waals surface area contributed by atoms with E-state index in [0.29, 0.717) is 12.4 Å². The van der Waals surface area contributed by atoms with Crippen LogP contribution in [0.2, 0.25) is 0 Å². The topological polar surface area (TPSA) is 73.6 Å². The fourth-order valence-electron chi connectivity index (χ4n) is 4.27. The lowest BCUT2D eigenvalue weighted by atomic mass is 9.96. The molecule has 6 heteroatoms. The van der Waals surface area contributed by atoms with Crippen LogP contribution in [0.25, 0.3) is 22.5 Å². The molecule has 1 N–H and O–H groups in total. The van der Waals surface area contributed by atoms with E-state index in [9.17, 15) is 4.79 Å². The molecule has 0 aliphatic heterocycles. The van der Waals surface area contributed by atoms with Crippen molar-refractivity contribution in [2.45, 2.75) is 39.7 Å². The Morgan fingerprint density at radius 2 is 1.69 bits per heavy atom. The molecule has 1 aromatic heterocycles. The van der Waals surface area contributed by atoms with Gasteiger partial charge in [-0.15, -0.1) is 0 Å². The van der Waals surface area contributed by atoms with Crippen molar-refractivity contribution in [3.05, 3.63) is 89.6 Å². The number of methoxy groups -OCH3 is 1. The van der Waals surface area contributed by atoms with E-state index in [4.69, 9.17) is 14.0 Å². The monoisotopic (exact) mass is 484 g/mol. The number of hydrogen-bond acceptors (Lipinski definition) is 6. The molecule has 0 amide bonds. The molecule has 4 rings (SSSR count). The number of benzene rings is 3. The zero-order chi connectivity index (χ0) is 25.5. The molecular weight excluding hydrogens is 452 g/mol. The lowest BCUT2D eigenvalue weighted by molar-refractivity contribution is -0.142. The van der Waals surface area contributed by atoms with Crippen LogP contribution in [0, 0.1) is 6.92 Å². The van der Waals surface area contributed by atoms with Crippen molar-refractivity contribution in [1.29, 1.82) is 0 Å². The Labute approximate surface area is 212 Å². The summed E-state index contributed by atoms with van der Waals surface area (Å²) in [6, 6.07) is 24.3. The SMILES string of the molecule is CCOC(=O)Cc1ccccc1-c1ccc(-c2onc(C)c2NC(C)Cc2ccc(OC)cc2)cc1. The lowest BCUT2D eigenvalue weighted by Crippen LogP contribution is -2.18. The summed E-state index contributed by atoms with van der Waals surface area (Å²) in [7, 11) is 1.67. The summed E-state index contributed by atoms with van der Waals surface area (Å²) >= 11 is 0. The number of anilines is 1. The second-order valence-corrected chi connectivity index (χ2v) is 8.79. The molecule has 0 aliphatic carbocycles. The number of rotatable bonds is 10. The van der Waals surface area contributed by atoms with Crippen molar-refractivity contribution in [2.75, 3.05) is 19.0 Å². The molecule has 0 saturated heterocycles. The first-order valence-electron chi connectivity index (χ1n) is 12.2. The summed E-state index contributed by atoms with van der Waals surface area (Å²) in [6.07, 6.45) is 1.09. The van der Waals surface area contributed by atoms with Gasteiger partial charge in [0.25, 0.3) is 0 Å². The van der Waals surface area contributed by atoms with Crippen LogP contribution in [0.15, 0.2) is 77.3 Å². The first-order chi connectivity index (χ1) is 17.5. The molecule has 0 saturated carbocycles. The Balaban J connectivity index is 1.51. The van der Waals surface area contributed by atoms with Gasteiger partial charge in [-0.3, -0.25) is 4.79 Å². The molecule has 0 aliphatic rings. The molecule has 0 fully saturated rings. The first kappa shape index (κ1) is 25.0. The third-order valence-electron chi connectivity index (χ3n) is 6.07. The summed E-state index contributed by atoms with van der Waals surface area (Å²) < 4.78 is 16.1. The second-order valence-electron chi connectivity index (χ2n) is 8.79. The van der Waals surface area contributed by atoms with E-state index >= 15 is 0 Å². The van der Waals surface area contributed by atoms with Crippen LogP contribution in [0.5, 0.6) is 5.75 Å². The van der Waals surface area contributed by atoms with Gasteiger partial charge in [-0.05, 0) is 61.6 Å².